The molecule has 1 aliphatic carbocycles. The van der Waals surface area contributed by atoms with Gasteiger partial charge >= 0.3 is 5.97 Å². The Labute approximate surface area is 147 Å². The molecule has 1 aromatic rings. The number of fused-ring (bicyclic) bond motifs is 1. The number of carboxylic acid groups (broad SMARTS) is 1. The lowest BCUT2D eigenvalue weighted by Crippen LogP contribution is -2.46. The average Bonchev–Trinajstić information content (AvgIpc) is 2.61. The number of amides is 1. The SMILES string of the molecule is COc1ccc2c(c1)CCC[C@H]2CC(=O)N1CCO[C@@H](CC(=O)O)C1. The number of carboxylic acids is 1. The van der Waals surface area contributed by atoms with E-state index in [2.05, 4.69) is 12.1 Å². The first-order valence-electron chi connectivity index (χ1n) is 8.85. The van der Waals surface area contributed by atoms with Crippen molar-refractivity contribution in [2.45, 2.75) is 44.1 Å². The summed E-state index contributed by atoms with van der Waals surface area (Å²) in [5.74, 6) is 0.278. The number of nitrogens with zero attached hydrogens (tertiary/aromatic N) is 1. The van der Waals surface area contributed by atoms with E-state index in [0.717, 1.165) is 25.0 Å². The smallest absolute Gasteiger partial charge is 0.306 e. The van der Waals surface area contributed by atoms with E-state index in [-0.39, 0.29) is 18.2 Å². The monoisotopic (exact) mass is 347 g/mol. The second-order valence-electron chi connectivity index (χ2n) is 6.79. The van der Waals surface area contributed by atoms with Crippen LogP contribution in [0.5, 0.6) is 5.75 Å². The highest BCUT2D eigenvalue weighted by Gasteiger charge is 2.29. The second kappa shape index (κ2) is 7.87. The van der Waals surface area contributed by atoms with Crippen LogP contribution in [0.4, 0.5) is 0 Å². The Morgan fingerprint density at radius 2 is 2.20 bits per heavy atom. The van der Waals surface area contributed by atoms with Gasteiger partial charge in [-0.1, -0.05) is 6.07 Å². The molecule has 6 heteroatoms. The molecule has 1 N–H and O–H groups in total. The minimum absolute atomic E-state index is 0.0597. The fourth-order valence-corrected chi connectivity index (χ4v) is 3.83. The molecule has 1 fully saturated rings. The summed E-state index contributed by atoms with van der Waals surface area (Å²) in [4.78, 5) is 25.3. The van der Waals surface area contributed by atoms with Gasteiger partial charge in [0.25, 0.3) is 0 Å². The predicted octanol–water partition coefficient (Wildman–Crippen LogP) is 2.21. The largest absolute Gasteiger partial charge is 0.497 e. The van der Waals surface area contributed by atoms with Crippen molar-refractivity contribution in [3.05, 3.63) is 29.3 Å². The van der Waals surface area contributed by atoms with Gasteiger partial charge in [-0.05, 0) is 48.4 Å². The molecule has 1 aromatic carbocycles. The zero-order chi connectivity index (χ0) is 17.8. The zero-order valence-corrected chi connectivity index (χ0v) is 14.6. The van der Waals surface area contributed by atoms with Crippen LogP contribution in [0, 0.1) is 0 Å². The fraction of sp³-hybridized carbons (Fsp3) is 0.579. The van der Waals surface area contributed by atoms with E-state index in [0.29, 0.717) is 26.1 Å². The number of methoxy groups -OCH3 is 1. The molecular formula is C19H25NO5. The summed E-state index contributed by atoms with van der Waals surface area (Å²) in [5.41, 5.74) is 2.52. The maximum absolute atomic E-state index is 12.7. The number of hydrogen-bond donors (Lipinski definition) is 1. The Morgan fingerprint density at radius 1 is 1.36 bits per heavy atom. The molecule has 0 bridgehead atoms. The molecule has 1 heterocycles. The summed E-state index contributed by atoms with van der Waals surface area (Å²) in [7, 11) is 1.66. The van der Waals surface area contributed by atoms with Crippen LogP contribution < -0.4 is 4.74 Å². The van der Waals surface area contributed by atoms with Gasteiger partial charge in [0.1, 0.15) is 5.75 Å². The summed E-state index contributed by atoms with van der Waals surface area (Å²) >= 11 is 0. The molecule has 6 nitrogen and oxygen atoms in total. The molecule has 2 atom stereocenters. The number of aryl methyl sites for hydroxylation is 1. The van der Waals surface area contributed by atoms with Crippen molar-refractivity contribution in [3.8, 4) is 5.75 Å². The number of morpholine rings is 1. The van der Waals surface area contributed by atoms with Crippen molar-refractivity contribution in [3.63, 3.8) is 0 Å². The molecule has 0 aromatic heterocycles. The van der Waals surface area contributed by atoms with E-state index < -0.39 is 12.1 Å². The number of carbonyl (C=O) groups is 2. The van der Waals surface area contributed by atoms with Crippen LogP contribution in [0.3, 0.4) is 0 Å². The number of carbonyl (C=O) groups excluding carboxylic acids is 1. The van der Waals surface area contributed by atoms with E-state index in [4.69, 9.17) is 14.6 Å². The van der Waals surface area contributed by atoms with Crippen LogP contribution in [0.25, 0.3) is 0 Å². The summed E-state index contributed by atoms with van der Waals surface area (Å²) in [6.45, 7) is 1.31. The second-order valence-corrected chi connectivity index (χ2v) is 6.79. The Bertz CT molecular complexity index is 645. The summed E-state index contributed by atoms with van der Waals surface area (Å²) in [6.07, 6.45) is 3.11. The maximum atomic E-state index is 12.7. The van der Waals surface area contributed by atoms with E-state index >= 15 is 0 Å². The van der Waals surface area contributed by atoms with Crippen molar-refractivity contribution < 1.29 is 24.2 Å². The van der Waals surface area contributed by atoms with Gasteiger partial charge in [-0.15, -0.1) is 0 Å². The first-order valence-corrected chi connectivity index (χ1v) is 8.85. The maximum Gasteiger partial charge on any atom is 0.306 e. The van der Waals surface area contributed by atoms with Crippen LogP contribution in [0.1, 0.15) is 42.7 Å². The number of hydrogen-bond acceptors (Lipinski definition) is 4. The van der Waals surface area contributed by atoms with Crippen molar-refractivity contribution >= 4 is 11.9 Å². The van der Waals surface area contributed by atoms with Gasteiger partial charge in [0, 0.05) is 19.5 Å². The van der Waals surface area contributed by atoms with Gasteiger partial charge in [-0.2, -0.15) is 0 Å². The molecule has 0 radical (unpaired) electrons. The van der Waals surface area contributed by atoms with Crippen LogP contribution in [-0.4, -0.2) is 54.8 Å². The van der Waals surface area contributed by atoms with Gasteiger partial charge in [0.15, 0.2) is 0 Å². The molecule has 2 aliphatic rings. The minimum Gasteiger partial charge on any atom is -0.497 e. The van der Waals surface area contributed by atoms with E-state index in [9.17, 15) is 9.59 Å². The third-order valence-electron chi connectivity index (χ3n) is 5.10. The van der Waals surface area contributed by atoms with Crippen molar-refractivity contribution in [2.24, 2.45) is 0 Å². The molecule has 0 spiro atoms. The van der Waals surface area contributed by atoms with Crippen molar-refractivity contribution in [1.82, 2.24) is 4.90 Å². The molecule has 0 saturated carbocycles. The predicted molar refractivity (Wildman–Crippen MR) is 91.9 cm³/mol. The van der Waals surface area contributed by atoms with Gasteiger partial charge in [0.05, 0.1) is 26.2 Å². The highest BCUT2D eigenvalue weighted by molar-refractivity contribution is 5.77. The van der Waals surface area contributed by atoms with Crippen molar-refractivity contribution in [1.29, 1.82) is 0 Å². The Hall–Kier alpha value is -2.08. The molecule has 3 rings (SSSR count). The molecule has 1 saturated heterocycles. The Balaban J connectivity index is 1.65. The van der Waals surface area contributed by atoms with E-state index in [1.807, 2.05) is 6.07 Å². The topological polar surface area (TPSA) is 76.1 Å². The molecular weight excluding hydrogens is 322 g/mol. The van der Waals surface area contributed by atoms with Crippen LogP contribution in [0.15, 0.2) is 18.2 Å². The summed E-state index contributed by atoms with van der Waals surface area (Å²) in [5, 5.41) is 8.91. The van der Waals surface area contributed by atoms with Crippen LogP contribution in [-0.2, 0) is 20.7 Å². The lowest BCUT2D eigenvalue weighted by Gasteiger charge is -2.34. The van der Waals surface area contributed by atoms with Gasteiger partial charge in [-0.3, -0.25) is 9.59 Å². The Morgan fingerprint density at radius 3 is 2.96 bits per heavy atom. The van der Waals surface area contributed by atoms with Crippen molar-refractivity contribution in [2.75, 3.05) is 26.8 Å². The first-order chi connectivity index (χ1) is 12.1. The number of aliphatic carboxylic acids is 1. The molecule has 136 valence electrons. The molecule has 1 aliphatic heterocycles. The van der Waals surface area contributed by atoms with Gasteiger partial charge in [0.2, 0.25) is 5.91 Å². The van der Waals surface area contributed by atoms with Gasteiger partial charge in [-0.25, -0.2) is 0 Å². The average molecular weight is 347 g/mol. The molecule has 1 amide bonds. The first kappa shape index (κ1) is 17.7. The van der Waals surface area contributed by atoms with E-state index in [1.165, 1.54) is 11.1 Å². The molecule has 25 heavy (non-hydrogen) atoms. The number of ether oxygens (including phenoxy) is 2. The lowest BCUT2D eigenvalue weighted by molar-refractivity contribution is -0.147. The number of rotatable bonds is 5. The highest BCUT2D eigenvalue weighted by Crippen LogP contribution is 2.36. The van der Waals surface area contributed by atoms with Gasteiger partial charge < -0.3 is 19.5 Å². The Kier molecular flexibility index (Phi) is 5.58. The summed E-state index contributed by atoms with van der Waals surface area (Å²) < 4.78 is 10.8. The quantitative estimate of drug-likeness (QED) is 0.884. The zero-order valence-electron chi connectivity index (χ0n) is 14.6. The highest BCUT2D eigenvalue weighted by atomic mass is 16.5. The third kappa shape index (κ3) is 4.31. The number of benzene rings is 1. The minimum atomic E-state index is -0.894. The lowest BCUT2D eigenvalue weighted by atomic mass is 9.80. The van der Waals surface area contributed by atoms with Crippen LogP contribution >= 0.6 is 0 Å². The van der Waals surface area contributed by atoms with E-state index in [1.54, 1.807) is 12.0 Å². The third-order valence-corrected chi connectivity index (χ3v) is 5.10. The normalized spacial score (nSPS) is 23.0. The standard InChI is InChI=1S/C19H25NO5/c1-24-15-5-6-17-13(9-15)3-2-4-14(17)10-18(21)20-7-8-25-16(12-20)11-19(22)23/h5-6,9,14,16H,2-4,7-8,10-12H2,1H3,(H,22,23)/t14-,16-/m0/s1. The fourth-order valence-electron chi connectivity index (χ4n) is 3.83. The summed E-state index contributed by atoms with van der Waals surface area (Å²) in [6, 6.07) is 6.11. The van der Waals surface area contributed by atoms with Crippen LogP contribution in [0.2, 0.25) is 0 Å². The molecule has 0 unspecified atom stereocenters.